The molecule has 32 heteroatoms. The zero-order valence-electron chi connectivity index (χ0n) is 53.5. The molecular formula is C62H90IN8O19S4+. The van der Waals surface area contributed by atoms with Gasteiger partial charge in [-0.05, 0) is 121 Å². The Bertz CT molecular complexity index is 3690. The number of allylic oxidation sites excluding steroid dienone is 6. The Morgan fingerprint density at radius 1 is 0.660 bits per heavy atom. The third-order valence-electron chi connectivity index (χ3n) is 16.6. The van der Waals surface area contributed by atoms with E-state index in [-0.39, 0.29) is 61.4 Å². The molecule has 4 unspecified atom stereocenters. The maximum atomic E-state index is 13.7. The van der Waals surface area contributed by atoms with E-state index in [9.17, 15) is 85.4 Å². The minimum absolute atomic E-state index is 0.0578. The number of fused-ring (bicyclic) bond motifs is 5. The Morgan fingerprint density at radius 3 is 1.95 bits per heavy atom. The summed E-state index contributed by atoms with van der Waals surface area (Å²) in [4.78, 5) is 93.3. The summed E-state index contributed by atoms with van der Waals surface area (Å²) in [5.41, 5.74) is 5.05. The number of Topliss-reactive ketones (excluding diaryl/α,β-unsaturated/α-hetero) is 1. The molecule has 0 fully saturated rings. The lowest BCUT2D eigenvalue weighted by atomic mass is 9.77. The van der Waals surface area contributed by atoms with Crippen LogP contribution in [0.15, 0.2) is 77.4 Å². The molecule has 94 heavy (non-hydrogen) atoms. The predicted octanol–water partition coefficient (Wildman–Crippen LogP) is 4.76. The van der Waals surface area contributed by atoms with Gasteiger partial charge in [-0.2, -0.15) is 38.2 Å². The number of hydrogen-bond donors (Lipinski definition) is 10. The van der Waals surface area contributed by atoms with E-state index in [1.165, 1.54) is 17.7 Å². The highest BCUT2D eigenvalue weighted by atomic mass is 127. The minimum Gasteiger partial charge on any atom is -0.356 e. The fourth-order valence-corrected chi connectivity index (χ4v) is 14.8. The van der Waals surface area contributed by atoms with Gasteiger partial charge in [-0.15, -0.1) is 0 Å². The molecule has 27 nitrogen and oxygen atoms in total. The lowest BCUT2D eigenvalue weighted by Gasteiger charge is -2.30. The highest BCUT2D eigenvalue weighted by Crippen LogP contribution is 2.51. The molecule has 0 aliphatic carbocycles. The van der Waals surface area contributed by atoms with E-state index < -0.39 is 116 Å². The standard InChI is InChI=1S/C62H89IN8O19S4/c1-43-25-27-50-46(36-43)61(2,3)53-20-10-5-11-21-54-62(4,47-38-45(94(88,89)90)26-28-51(47)71(54)35-19-8-14-23-56(74)65-32-33-66-58(76)39-63)29-15-6-12-24-57(75)68-49(42-93(85,86)87)60(78)69-48(41-92(82,83)84)52(72)37-44(40-91(79,80)81)59(77)67-31-17-9-16-30-64-55(73)22-13-7-18-34-70(50)53/h5,10-11,20-21,25-28,36,38,44,48-49H,6-9,12-19,22-24,29-35,37,39-42H2,1-4H3,(H9-,64,65,66,67,68,69,73,74,75,76,77,78,79,80,81,82,83,84,85,86,87,88,89,90)/p+1. The number of nitrogens with one attached hydrogen (secondary N) is 6. The van der Waals surface area contributed by atoms with Gasteiger partial charge in [0.25, 0.3) is 40.5 Å². The van der Waals surface area contributed by atoms with Gasteiger partial charge in [-0.3, -0.25) is 51.8 Å². The lowest BCUT2D eigenvalue weighted by Crippen LogP contribution is -2.56. The van der Waals surface area contributed by atoms with Gasteiger partial charge in [0, 0.05) is 99.3 Å². The average molecular weight is 1510 g/mol. The van der Waals surface area contributed by atoms with Gasteiger partial charge in [-0.25, -0.2) is 0 Å². The number of anilines is 1. The fourth-order valence-electron chi connectivity index (χ4n) is 11.9. The highest BCUT2D eigenvalue weighted by Gasteiger charge is 2.46. The Labute approximate surface area is 565 Å². The molecule has 10 N–H and O–H groups in total. The quantitative estimate of drug-likeness (QED) is 0.0336. The molecule has 4 atom stereocenters. The maximum Gasteiger partial charge on any atom is 0.294 e. The third-order valence-corrected chi connectivity index (χ3v) is 20.5. The van der Waals surface area contributed by atoms with Crippen LogP contribution in [0.4, 0.5) is 11.4 Å². The van der Waals surface area contributed by atoms with Crippen LogP contribution in [0.25, 0.3) is 0 Å². The van der Waals surface area contributed by atoms with Crippen molar-refractivity contribution in [3.63, 3.8) is 0 Å². The van der Waals surface area contributed by atoms with Gasteiger partial charge in [0.15, 0.2) is 11.5 Å². The molecular weight excluding hydrogens is 1420 g/mol. The topological polar surface area (TPSA) is 415 Å². The number of nitrogens with zero attached hydrogens (tertiary/aromatic N) is 2. The van der Waals surface area contributed by atoms with Crippen molar-refractivity contribution in [2.24, 2.45) is 5.92 Å². The molecule has 3 heterocycles. The van der Waals surface area contributed by atoms with Crippen LogP contribution in [-0.2, 0) is 84.9 Å². The van der Waals surface area contributed by atoms with Crippen LogP contribution in [0.1, 0.15) is 147 Å². The second kappa shape index (κ2) is 35.8. The average Bonchev–Trinajstić information content (AvgIpc) is 1.59. The summed E-state index contributed by atoms with van der Waals surface area (Å²) in [6.45, 7) is 10.2. The fraction of sp³-hybridized carbons (Fsp3) is 0.581. The highest BCUT2D eigenvalue weighted by molar-refractivity contribution is 14.1. The number of unbranched alkanes of at least 4 members (excludes halogenated alkanes) is 2. The first-order chi connectivity index (χ1) is 44.0. The van der Waals surface area contributed by atoms with Crippen LogP contribution < -0.4 is 36.8 Å². The summed E-state index contributed by atoms with van der Waals surface area (Å²) in [7, 11) is -20.0. The Hall–Kier alpha value is -6.01. The zero-order valence-corrected chi connectivity index (χ0v) is 58.9. The van der Waals surface area contributed by atoms with Gasteiger partial charge in [0.1, 0.15) is 30.1 Å². The SMILES string of the molecule is Cc1ccc2c(c1)C(C)(C)C1=[N+]2CCCCCC(=O)NCCCCCNC(=O)C(CS(=O)(=O)O)CC(=O)C(CS(=O)(=O)O)NC(=O)C(CS(=O)(=O)O)NC(=O)CCCCCC2(C)C(=CC=CC=C1)N(CCCCCC(=O)NCCNC(=O)CI)c1ccc(S(=O)(=O)O)cc12. The molecule has 0 saturated heterocycles. The van der Waals surface area contributed by atoms with Crippen LogP contribution >= 0.6 is 22.6 Å². The molecule has 3 aliphatic heterocycles. The van der Waals surface area contributed by atoms with Gasteiger partial charge in [-0.1, -0.05) is 71.7 Å². The second-order valence-corrected chi connectivity index (χ2v) is 31.3. The number of carbonyl (C=O) groups is 7. The van der Waals surface area contributed by atoms with Crippen molar-refractivity contribution < 1.29 is 90.0 Å². The number of aryl methyl sites for hydroxylation is 1. The molecule has 522 valence electrons. The first kappa shape index (κ1) is 78.7. The van der Waals surface area contributed by atoms with Crippen LogP contribution in [0.2, 0.25) is 0 Å². The number of ketones is 1. The summed E-state index contributed by atoms with van der Waals surface area (Å²) >= 11 is 1.95. The van der Waals surface area contributed by atoms with Crippen LogP contribution in [0.5, 0.6) is 0 Å². The van der Waals surface area contributed by atoms with E-state index in [0.717, 1.165) is 35.5 Å². The number of carbonyl (C=O) groups excluding carboxylic acids is 7. The number of amides is 6. The van der Waals surface area contributed by atoms with Gasteiger partial charge < -0.3 is 36.8 Å². The summed E-state index contributed by atoms with van der Waals surface area (Å²) < 4.78 is 141. The largest absolute Gasteiger partial charge is 0.356 e. The molecule has 0 radical (unpaired) electrons. The zero-order chi connectivity index (χ0) is 69.7. The number of alkyl halides is 1. The number of hydrogen-bond acceptors (Lipinski definition) is 16. The molecule has 0 saturated carbocycles. The number of halogens is 1. The summed E-state index contributed by atoms with van der Waals surface area (Å²) in [5, 5.41) is 15.0. The van der Waals surface area contributed by atoms with Crippen molar-refractivity contribution in [3.8, 4) is 0 Å². The minimum atomic E-state index is -5.18. The van der Waals surface area contributed by atoms with E-state index in [1.54, 1.807) is 6.07 Å². The van der Waals surface area contributed by atoms with Crippen molar-refractivity contribution >= 4 is 121 Å². The van der Waals surface area contributed by atoms with Crippen molar-refractivity contribution in [1.82, 2.24) is 31.9 Å². The van der Waals surface area contributed by atoms with E-state index in [1.807, 2.05) is 66.1 Å². The monoisotopic (exact) mass is 1510 g/mol. The van der Waals surface area contributed by atoms with Crippen LogP contribution in [-0.4, -0.2) is 176 Å². The Balaban J connectivity index is 1.49. The molecule has 0 bridgehead atoms. The van der Waals surface area contributed by atoms with E-state index >= 15 is 0 Å². The summed E-state index contributed by atoms with van der Waals surface area (Å²) in [5.74, 6) is -11.6. The van der Waals surface area contributed by atoms with E-state index in [4.69, 9.17) is 0 Å². The van der Waals surface area contributed by atoms with E-state index in [2.05, 4.69) is 74.2 Å². The van der Waals surface area contributed by atoms with E-state index in [0.29, 0.717) is 106 Å². The van der Waals surface area contributed by atoms with Gasteiger partial charge in [0.05, 0.1) is 26.4 Å². The molecule has 6 amide bonds. The molecule has 2 aromatic rings. The molecule has 0 aromatic heterocycles. The van der Waals surface area contributed by atoms with Crippen molar-refractivity contribution in [2.45, 2.75) is 165 Å². The first-order valence-electron chi connectivity index (χ1n) is 31.4. The van der Waals surface area contributed by atoms with Crippen LogP contribution in [0.3, 0.4) is 0 Å². The lowest BCUT2D eigenvalue weighted by molar-refractivity contribution is -0.438. The Morgan fingerprint density at radius 2 is 1.29 bits per heavy atom. The summed E-state index contributed by atoms with van der Waals surface area (Å²) in [6, 6.07) is 6.26. The van der Waals surface area contributed by atoms with Gasteiger partial charge >= 0.3 is 0 Å². The maximum absolute atomic E-state index is 13.7. The summed E-state index contributed by atoms with van der Waals surface area (Å²) in [6.07, 6.45) is 15.0. The normalized spacial score (nSPS) is 21.8. The second-order valence-electron chi connectivity index (χ2n) is 24.6. The van der Waals surface area contributed by atoms with Crippen LogP contribution in [0, 0.1) is 12.8 Å². The molecule has 5 rings (SSSR count). The predicted molar refractivity (Wildman–Crippen MR) is 362 cm³/mol. The Kier molecular flexibility index (Phi) is 30.0. The smallest absolute Gasteiger partial charge is 0.294 e. The molecule has 3 aliphatic rings. The van der Waals surface area contributed by atoms with Crippen molar-refractivity contribution in [1.29, 1.82) is 0 Å². The third kappa shape index (κ3) is 25.2. The molecule has 0 spiro atoms. The molecule has 2 aromatic carbocycles. The first-order valence-corrected chi connectivity index (χ1v) is 39.1. The van der Waals surface area contributed by atoms with Crippen molar-refractivity contribution in [2.75, 3.05) is 65.9 Å². The number of rotatable bonds is 17. The number of benzene rings is 2. The van der Waals surface area contributed by atoms with Gasteiger partial charge in [0.2, 0.25) is 41.1 Å². The van der Waals surface area contributed by atoms with Crippen molar-refractivity contribution in [3.05, 3.63) is 89.2 Å².